The topological polar surface area (TPSA) is 128 Å². The van der Waals surface area contributed by atoms with Crippen molar-refractivity contribution < 1.29 is 29.3 Å². The van der Waals surface area contributed by atoms with Crippen LogP contribution in [0.1, 0.15) is 23.8 Å². The number of carbonyl (C=O) groups is 1. The van der Waals surface area contributed by atoms with Gasteiger partial charge in [-0.2, -0.15) is 5.10 Å². The molecule has 172 valence electrons. The Morgan fingerprint density at radius 1 is 1.03 bits per heavy atom. The number of benzene rings is 3. The highest BCUT2D eigenvalue weighted by atomic mass is 16.5. The van der Waals surface area contributed by atoms with Gasteiger partial charge in [0.25, 0.3) is 0 Å². The normalized spacial score (nSPS) is 15.4. The van der Waals surface area contributed by atoms with Crippen molar-refractivity contribution in [2.75, 3.05) is 12.4 Å². The molecule has 0 spiro atoms. The molecule has 4 aromatic rings. The number of nitrogens with zero attached hydrogens (tertiary/aromatic N) is 2. The maximum atomic E-state index is 13.2. The summed E-state index contributed by atoms with van der Waals surface area (Å²) in [6.07, 6.45) is 0.330. The van der Waals surface area contributed by atoms with Gasteiger partial charge in [-0.25, -0.2) is 9.80 Å². The van der Waals surface area contributed by atoms with E-state index in [4.69, 9.17) is 9.15 Å². The Bertz CT molecular complexity index is 1390. The summed E-state index contributed by atoms with van der Waals surface area (Å²) >= 11 is 0. The SMILES string of the molecule is COc1cc(NC(=O)N2N=C(c3cc4ccccc4o3)CC2c2ccc(O)c(O)c2)ccc1O. The monoisotopic (exact) mass is 459 g/mol. The van der Waals surface area contributed by atoms with E-state index in [0.717, 1.165) is 5.39 Å². The number of furan rings is 1. The van der Waals surface area contributed by atoms with Gasteiger partial charge >= 0.3 is 6.03 Å². The molecule has 1 aliphatic heterocycles. The van der Waals surface area contributed by atoms with Crippen molar-refractivity contribution in [2.24, 2.45) is 5.10 Å². The zero-order valence-electron chi connectivity index (χ0n) is 18.1. The van der Waals surface area contributed by atoms with Crippen molar-refractivity contribution in [1.29, 1.82) is 0 Å². The smallest absolute Gasteiger partial charge is 0.342 e. The molecular weight excluding hydrogens is 438 g/mol. The zero-order valence-corrected chi connectivity index (χ0v) is 18.1. The highest BCUT2D eigenvalue weighted by molar-refractivity contribution is 6.04. The zero-order chi connectivity index (χ0) is 23.8. The fraction of sp³-hybridized carbons (Fsp3) is 0.120. The first-order chi connectivity index (χ1) is 16.4. The molecule has 1 unspecified atom stereocenters. The van der Waals surface area contributed by atoms with Crippen molar-refractivity contribution in [3.63, 3.8) is 0 Å². The Kier molecular flexibility index (Phi) is 5.21. The van der Waals surface area contributed by atoms with Gasteiger partial charge < -0.3 is 29.8 Å². The number of phenolic OH excluding ortho intramolecular Hbond substituents is 3. The fourth-order valence-corrected chi connectivity index (χ4v) is 3.91. The summed E-state index contributed by atoms with van der Waals surface area (Å²) in [6, 6.07) is 17.2. The molecule has 5 rings (SSSR count). The number of amides is 2. The summed E-state index contributed by atoms with van der Waals surface area (Å²) in [6.45, 7) is 0. The number of hydrogen-bond acceptors (Lipinski definition) is 7. The first-order valence-corrected chi connectivity index (χ1v) is 10.5. The van der Waals surface area contributed by atoms with E-state index < -0.39 is 12.1 Å². The molecule has 3 aromatic carbocycles. The Labute approximate surface area is 194 Å². The van der Waals surface area contributed by atoms with Crippen LogP contribution < -0.4 is 10.1 Å². The van der Waals surface area contributed by atoms with Crippen LogP contribution in [-0.2, 0) is 0 Å². The molecule has 34 heavy (non-hydrogen) atoms. The number of nitrogens with one attached hydrogen (secondary N) is 1. The van der Waals surface area contributed by atoms with Crippen LogP contribution in [0, 0.1) is 0 Å². The molecule has 2 heterocycles. The number of ether oxygens (including phenoxy) is 1. The summed E-state index contributed by atoms with van der Waals surface area (Å²) < 4.78 is 11.1. The van der Waals surface area contributed by atoms with E-state index in [-0.39, 0.29) is 23.0 Å². The van der Waals surface area contributed by atoms with Crippen molar-refractivity contribution in [2.45, 2.75) is 12.5 Å². The average Bonchev–Trinajstić information content (AvgIpc) is 3.47. The number of methoxy groups -OCH3 is 1. The molecule has 0 saturated heterocycles. The van der Waals surface area contributed by atoms with E-state index in [0.29, 0.717) is 34.7 Å². The minimum atomic E-state index is -0.561. The molecule has 0 fully saturated rings. The number of hydrazone groups is 1. The fourth-order valence-electron chi connectivity index (χ4n) is 3.91. The van der Waals surface area contributed by atoms with Gasteiger partial charge in [-0.1, -0.05) is 24.3 Å². The highest BCUT2D eigenvalue weighted by Crippen LogP contribution is 2.38. The molecule has 9 heteroatoms. The molecule has 2 amide bonds. The lowest BCUT2D eigenvalue weighted by Crippen LogP contribution is -2.31. The van der Waals surface area contributed by atoms with Crippen LogP contribution in [0.4, 0.5) is 10.5 Å². The van der Waals surface area contributed by atoms with Crippen molar-refractivity contribution in [3.05, 3.63) is 78.1 Å². The number of fused-ring (bicyclic) bond motifs is 1. The summed E-state index contributed by atoms with van der Waals surface area (Å²) in [5, 5.41) is 39.0. The van der Waals surface area contributed by atoms with Gasteiger partial charge in [-0.3, -0.25) is 0 Å². The summed E-state index contributed by atoms with van der Waals surface area (Å²) in [4.78, 5) is 13.2. The molecule has 0 saturated carbocycles. The number of aromatic hydroxyl groups is 3. The standard InChI is InChI=1S/C25H21N3O6/c1-33-24-12-16(7-9-20(24)30)26-25(32)28-18(14-6-8-19(29)21(31)10-14)13-17(27-28)23-11-15-4-2-3-5-22(15)34-23/h2-12,18,29-31H,13H2,1H3,(H,26,32). The van der Waals surface area contributed by atoms with Gasteiger partial charge in [-0.05, 0) is 42.0 Å². The third-order valence-corrected chi connectivity index (χ3v) is 5.64. The maximum Gasteiger partial charge on any atom is 0.342 e. The number of urea groups is 1. The van der Waals surface area contributed by atoms with E-state index in [9.17, 15) is 20.1 Å². The van der Waals surface area contributed by atoms with Crippen LogP contribution >= 0.6 is 0 Å². The van der Waals surface area contributed by atoms with Crippen LogP contribution in [-0.4, -0.2) is 39.2 Å². The molecule has 0 radical (unpaired) electrons. The van der Waals surface area contributed by atoms with Gasteiger partial charge in [0.05, 0.1) is 13.2 Å². The first-order valence-electron chi connectivity index (χ1n) is 10.5. The van der Waals surface area contributed by atoms with Crippen LogP contribution in [0.3, 0.4) is 0 Å². The van der Waals surface area contributed by atoms with Gasteiger partial charge in [0.15, 0.2) is 28.8 Å². The molecule has 0 bridgehead atoms. The van der Waals surface area contributed by atoms with Gasteiger partial charge in [0.2, 0.25) is 0 Å². The van der Waals surface area contributed by atoms with Crippen molar-refractivity contribution >= 4 is 28.4 Å². The van der Waals surface area contributed by atoms with E-state index in [1.807, 2.05) is 30.3 Å². The second-order valence-electron chi connectivity index (χ2n) is 7.82. The second kappa shape index (κ2) is 8.36. The Balaban J connectivity index is 1.50. The minimum Gasteiger partial charge on any atom is -0.504 e. The molecule has 1 aromatic heterocycles. The average molecular weight is 459 g/mol. The largest absolute Gasteiger partial charge is 0.504 e. The van der Waals surface area contributed by atoms with E-state index in [1.54, 1.807) is 6.07 Å². The Morgan fingerprint density at radius 2 is 1.82 bits per heavy atom. The first kappa shape index (κ1) is 21.2. The van der Waals surface area contributed by atoms with Gasteiger partial charge in [0, 0.05) is 23.6 Å². The number of carbonyl (C=O) groups excluding carboxylic acids is 1. The number of rotatable bonds is 4. The molecule has 1 aliphatic rings. The quantitative estimate of drug-likeness (QED) is 0.253. The molecule has 4 N–H and O–H groups in total. The van der Waals surface area contributed by atoms with E-state index in [2.05, 4.69) is 10.4 Å². The van der Waals surface area contributed by atoms with Crippen molar-refractivity contribution in [3.8, 4) is 23.0 Å². The molecule has 0 aliphatic carbocycles. The Hall–Kier alpha value is -4.66. The predicted octanol–water partition coefficient (Wildman–Crippen LogP) is 4.94. The predicted molar refractivity (Wildman–Crippen MR) is 125 cm³/mol. The summed E-state index contributed by atoms with van der Waals surface area (Å²) in [5.74, 6) is 0.150. The lowest BCUT2D eigenvalue weighted by Gasteiger charge is -2.22. The highest BCUT2D eigenvalue weighted by Gasteiger charge is 2.35. The Morgan fingerprint density at radius 3 is 2.59 bits per heavy atom. The third-order valence-electron chi connectivity index (χ3n) is 5.64. The maximum absolute atomic E-state index is 13.2. The molecular formula is C25H21N3O6. The van der Waals surface area contributed by atoms with Crippen LogP contribution in [0.5, 0.6) is 23.0 Å². The minimum absolute atomic E-state index is 0.0516. The number of para-hydroxylation sites is 1. The molecule has 9 nitrogen and oxygen atoms in total. The van der Waals surface area contributed by atoms with Crippen LogP contribution in [0.15, 0.2) is 76.2 Å². The van der Waals surface area contributed by atoms with Gasteiger partial charge in [-0.15, -0.1) is 0 Å². The lowest BCUT2D eigenvalue weighted by molar-refractivity contribution is 0.200. The number of anilines is 1. The summed E-state index contributed by atoms with van der Waals surface area (Å²) in [5.41, 5.74) is 2.26. The van der Waals surface area contributed by atoms with E-state index in [1.165, 1.54) is 42.5 Å². The summed E-state index contributed by atoms with van der Waals surface area (Å²) in [7, 11) is 1.42. The second-order valence-corrected chi connectivity index (χ2v) is 7.82. The molecule has 1 atom stereocenters. The van der Waals surface area contributed by atoms with Gasteiger partial charge in [0.1, 0.15) is 11.3 Å². The number of hydrogen-bond donors (Lipinski definition) is 4. The van der Waals surface area contributed by atoms with Crippen LogP contribution in [0.25, 0.3) is 11.0 Å². The third kappa shape index (κ3) is 3.83. The van der Waals surface area contributed by atoms with E-state index >= 15 is 0 Å². The van der Waals surface area contributed by atoms with Crippen LogP contribution in [0.2, 0.25) is 0 Å². The number of phenols is 3. The van der Waals surface area contributed by atoms with Crippen molar-refractivity contribution in [1.82, 2.24) is 5.01 Å². The lowest BCUT2D eigenvalue weighted by atomic mass is 10.0.